The second kappa shape index (κ2) is 10.7. The summed E-state index contributed by atoms with van der Waals surface area (Å²) in [6, 6.07) is 5.13. The lowest BCUT2D eigenvalue weighted by molar-refractivity contribution is -0.185. The number of hydrogen-bond donors (Lipinski definition) is 3. The van der Waals surface area contributed by atoms with Crippen molar-refractivity contribution in [2.75, 3.05) is 30.0 Å². The molecule has 4 atom stereocenters. The lowest BCUT2D eigenvalue weighted by atomic mass is 9.78. The first-order chi connectivity index (χ1) is 18.4. The minimum absolute atomic E-state index is 0.0287. The highest BCUT2D eigenvalue weighted by atomic mass is 35.5. The summed E-state index contributed by atoms with van der Waals surface area (Å²) in [5, 5.41) is 6.72. The number of fused-ring (bicyclic) bond motifs is 3. The van der Waals surface area contributed by atoms with Crippen molar-refractivity contribution in [3.05, 3.63) is 40.5 Å². The lowest BCUT2D eigenvalue weighted by Crippen LogP contribution is -2.48. The van der Waals surface area contributed by atoms with E-state index in [1.54, 1.807) is 0 Å². The van der Waals surface area contributed by atoms with Gasteiger partial charge in [0.05, 0.1) is 12.5 Å². The first-order valence-corrected chi connectivity index (χ1v) is 15.2. The molecule has 3 N–H and O–H groups in total. The molecule has 2 fully saturated rings. The number of alkyl halides is 3. The van der Waals surface area contributed by atoms with Crippen molar-refractivity contribution < 1.29 is 26.4 Å². The van der Waals surface area contributed by atoms with Crippen molar-refractivity contribution in [3.8, 4) is 0 Å². The zero-order valence-electron chi connectivity index (χ0n) is 21.3. The van der Waals surface area contributed by atoms with Gasteiger partial charge in [0.25, 0.3) is 0 Å². The molecule has 1 amide bonds. The molecule has 3 heterocycles. The van der Waals surface area contributed by atoms with Crippen LogP contribution in [-0.2, 0) is 14.8 Å². The van der Waals surface area contributed by atoms with Crippen LogP contribution in [0.5, 0.6) is 0 Å². The molecule has 1 aromatic carbocycles. The van der Waals surface area contributed by atoms with E-state index in [1.165, 1.54) is 6.20 Å². The molecule has 1 saturated heterocycles. The zero-order chi connectivity index (χ0) is 27.9. The maximum Gasteiger partial charge on any atom is 0.471 e. The van der Waals surface area contributed by atoms with E-state index in [0.717, 1.165) is 48.0 Å². The highest BCUT2D eigenvalue weighted by Crippen LogP contribution is 2.44. The molecular weight excluding hydrogens is 557 g/mol. The summed E-state index contributed by atoms with van der Waals surface area (Å²) in [6.45, 7) is 0.0845. The zero-order valence-corrected chi connectivity index (χ0v) is 22.8. The number of amides is 1. The fraction of sp³-hybridized carbons (Fsp3) is 0.560. The van der Waals surface area contributed by atoms with Gasteiger partial charge in [-0.25, -0.2) is 18.1 Å². The Balaban J connectivity index is 1.33. The first kappa shape index (κ1) is 27.9. The van der Waals surface area contributed by atoms with Gasteiger partial charge in [0.1, 0.15) is 5.02 Å². The Morgan fingerprint density at radius 1 is 1.05 bits per heavy atom. The second-order valence-electron chi connectivity index (χ2n) is 10.6. The van der Waals surface area contributed by atoms with Crippen LogP contribution in [0.25, 0.3) is 0 Å². The molecular formula is C25H30ClF3N6O3S. The largest absolute Gasteiger partial charge is 0.471 e. The Morgan fingerprint density at radius 2 is 1.72 bits per heavy atom. The molecule has 14 heteroatoms. The Labute approximate surface area is 230 Å². The highest BCUT2D eigenvalue weighted by Gasteiger charge is 2.46. The molecule has 9 nitrogen and oxygen atoms in total. The Morgan fingerprint density at radius 3 is 2.38 bits per heavy atom. The summed E-state index contributed by atoms with van der Waals surface area (Å²) in [5.74, 6) is -1.49. The number of anilines is 3. The number of carbonyl (C=O) groups is 1. The number of sulfonamides is 1. The van der Waals surface area contributed by atoms with Crippen molar-refractivity contribution in [2.45, 2.75) is 68.6 Å². The van der Waals surface area contributed by atoms with Gasteiger partial charge in [-0.2, -0.15) is 18.2 Å². The molecule has 6 rings (SSSR count). The van der Waals surface area contributed by atoms with Crippen LogP contribution in [0.15, 0.2) is 24.4 Å². The van der Waals surface area contributed by atoms with Crippen LogP contribution < -0.4 is 15.4 Å². The number of nitrogens with zero attached hydrogens (tertiary/aromatic N) is 3. The fourth-order valence-corrected chi connectivity index (χ4v) is 6.95. The fourth-order valence-electron chi connectivity index (χ4n) is 5.98. The summed E-state index contributed by atoms with van der Waals surface area (Å²) in [4.78, 5) is 21.7. The van der Waals surface area contributed by atoms with Gasteiger partial charge in [-0.15, -0.1) is 0 Å². The predicted octanol–water partition coefficient (Wildman–Crippen LogP) is 4.51. The molecule has 1 saturated carbocycles. The number of benzene rings is 1. The van der Waals surface area contributed by atoms with Gasteiger partial charge in [-0.1, -0.05) is 30.5 Å². The number of aromatic nitrogens is 2. The standard InChI is InChI=1S/C25H30ClF3N6O3S/c1-39(37,38)34-21-5-3-2-4-20(21)32-22-19(26)11-30-24(33-22)31-16-8-9-17-14-6-7-15(18(17)10-16)13-35(12-14)23(36)25(27,28)29/h8-11,14-15,20-21,34H,2-7,12-13H2,1H3,(H2,30,31,32,33)/t14?,15?,20-,21-/m1/s1. The van der Waals surface area contributed by atoms with Gasteiger partial charge < -0.3 is 15.5 Å². The van der Waals surface area contributed by atoms with Crippen molar-refractivity contribution in [1.29, 1.82) is 0 Å². The predicted molar refractivity (Wildman–Crippen MR) is 142 cm³/mol. The average Bonchev–Trinajstić information content (AvgIpc) is 3.16. The van der Waals surface area contributed by atoms with Crippen molar-refractivity contribution >= 4 is 45.0 Å². The van der Waals surface area contributed by atoms with E-state index in [-0.39, 0.29) is 48.0 Å². The number of carbonyl (C=O) groups excluding carboxylic acids is 1. The smallest absolute Gasteiger partial charge is 0.364 e. The summed E-state index contributed by atoms with van der Waals surface area (Å²) in [5.41, 5.74) is 2.56. The van der Waals surface area contributed by atoms with Gasteiger partial charge in [0.2, 0.25) is 16.0 Å². The second-order valence-corrected chi connectivity index (χ2v) is 12.8. The summed E-state index contributed by atoms with van der Waals surface area (Å²) < 4.78 is 65.7. The molecule has 212 valence electrons. The molecule has 2 aliphatic heterocycles. The van der Waals surface area contributed by atoms with Gasteiger partial charge in [-0.05, 0) is 48.9 Å². The van der Waals surface area contributed by atoms with Crippen LogP contribution >= 0.6 is 11.6 Å². The maximum absolute atomic E-state index is 13.1. The maximum atomic E-state index is 13.1. The SMILES string of the molecule is CS(=O)(=O)N[C@@H]1CCCC[C@H]1Nc1nc(Nc2ccc3c(c2)C2CCC3CN(C(=O)C(F)(F)F)C2)ncc1Cl. The van der Waals surface area contributed by atoms with Crippen LogP contribution in [0.3, 0.4) is 0 Å². The topological polar surface area (TPSA) is 116 Å². The van der Waals surface area contributed by atoms with Crippen LogP contribution in [-0.4, -0.2) is 66.8 Å². The van der Waals surface area contributed by atoms with E-state index in [4.69, 9.17) is 11.6 Å². The van der Waals surface area contributed by atoms with Gasteiger partial charge in [-0.3, -0.25) is 4.79 Å². The summed E-state index contributed by atoms with van der Waals surface area (Å²) >= 11 is 6.36. The van der Waals surface area contributed by atoms with Crippen molar-refractivity contribution in [1.82, 2.24) is 19.6 Å². The van der Waals surface area contributed by atoms with Crippen LogP contribution in [0.1, 0.15) is 61.5 Å². The van der Waals surface area contributed by atoms with Crippen molar-refractivity contribution in [3.63, 3.8) is 0 Å². The minimum Gasteiger partial charge on any atom is -0.364 e. The highest BCUT2D eigenvalue weighted by molar-refractivity contribution is 7.88. The average molecular weight is 587 g/mol. The van der Waals surface area contributed by atoms with Crippen LogP contribution in [0.2, 0.25) is 5.02 Å². The van der Waals surface area contributed by atoms with Gasteiger partial charge in [0, 0.05) is 42.7 Å². The molecule has 4 aliphatic rings. The molecule has 2 aliphatic carbocycles. The monoisotopic (exact) mass is 586 g/mol. The van der Waals surface area contributed by atoms with Crippen LogP contribution in [0.4, 0.5) is 30.6 Å². The van der Waals surface area contributed by atoms with Crippen LogP contribution in [0, 0.1) is 0 Å². The van der Waals surface area contributed by atoms with Gasteiger partial charge in [0.15, 0.2) is 5.82 Å². The Bertz CT molecular complexity index is 1360. The molecule has 2 aromatic rings. The summed E-state index contributed by atoms with van der Waals surface area (Å²) in [7, 11) is -3.38. The molecule has 0 spiro atoms. The van der Waals surface area contributed by atoms with Gasteiger partial charge >= 0.3 is 12.1 Å². The van der Waals surface area contributed by atoms with E-state index in [0.29, 0.717) is 24.3 Å². The third kappa shape index (κ3) is 6.41. The normalized spacial score (nSPS) is 25.1. The quantitative estimate of drug-likeness (QED) is 0.456. The minimum atomic E-state index is -4.89. The molecule has 39 heavy (non-hydrogen) atoms. The Kier molecular flexibility index (Phi) is 7.68. The van der Waals surface area contributed by atoms with Crippen molar-refractivity contribution in [2.24, 2.45) is 0 Å². The number of nitrogens with one attached hydrogen (secondary N) is 3. The summed E-state index contributed by atoms with van der Waals surface area (Å²) in [6.07, 6.45) is 2.44. The number of halogens is 4. The number of rotatable bonds is 6. The third-order valence-electron chi connectivity index (χ3n) is 7.70. The van der Waals surface area contributed by atoms with E-state index < -0.39 is 22.1 Å². The van der Waals surface area contributed by atoms with E-state index in [9.17, 15) is 26.4 Å². The van der Waals surface area contributed by atoms with E-state index >= 15 is 0 Å². The van der Waals surface area contributed by atoms with E-state index in [1.807, 2.05) is 18.2 Å². The van der Waals surface area contributed by atoms with E-state index in [2.05, 4.69) is 25.3 Å². The molecule has 2 unspecified atom stereocenters. The Hall–Kier alpha value is -2.64. The number of hydrogen-bond acceptors (Lipinski definition) is 7. The lowest BCUT2D eigenvalue weighted by Gasteiger charge is -2.32. The third-order valence-corrected chi connectivity index (χ3v) is 8.70. The molecule has 2 bridgehead atoms. The first-order valence-electron chi connectivity index (χ1n) is 12.9. The molecule has 0 radical (unpaired) electrons. The molecule has 1 aromatic heterocycles.